The maximum Gasteiger partial charge on any atom is 0.325 e. The number of nitrogens with one attached hydrogen (secondary N) is 1. The van der Waals surface area contributed by atoms with Gasteiger partial charge in [0, 0.05) is 32.7 Å². The van der Waals surface area contributed by atoms with Gasteiger partial charge in [0.2, 0.25) is 5.91 Å². The number of carbonyl (C=O) groups is 3. The lowest BCUT2D eigenvalue weighted by Crippen LogP contribution is -2.53. The van der Waals surface area contributed by atoms with Crippen LogP contribution in [0.15, 0.2) is 0 Å². The highest BCUT2D eigenvalue weighted by Gasteiger charge is 2.52. The van der Waals surface area contributed by atoms with Gasteiger partial charge in [0.05, 0.1) is 0 Å². The molecule has 2 saturated carbocycles. The first-order valence-corrected chi connectivity index (χ1v) is 10.1. The number of piperazine rings is 1. The van der Waals surface area contributed by atoms with Gasteiger partial charge in [-0.05, 0) is 50.4 Å². The molecule has 2 saturated heterocycles. The highest BCUT2D eigenvalue weighted by atomic mass is 16.2. The Hall–Kier alpha value is -1.63. The molecule has 7 nitrogen and oxygen atoms in total. The second-order valence-electron chi connectivity index (χ2n) is 8.71. The van der Waals surface area contributed by atoms with E-state index < -0.39 is 11.6 Å². The zero-order valence-electron chi connectivity index (χ0n) is 15.7. The van der Waals surface area contributed by atoms with Crippen molar-refractivity contribution in [2.24, 2.45) is 11.8 Å². The predicted molar refractivity (Wildman–Crippen MR) is 96.4 cm³/mol. The molecular weight excluding hydrogens is 332 g/mol. The fraction of sp³-hybridized carbons (Fsp3) is 0.842. The Morgan fingerprint density at radius 2 is 1.73 bits per heavy atom. The molecule has 0 aromatic carbocycles. The number of hydrogen-bond acceptors (Lipinski definition) is 4. The summed E-state index contributed by atoms with van der Waals surface area (Å²) in [6.45, 7) is 6.38. The molecule has 0 aromatic rings. The van der Waals surface area contributed by atoms with Gasteiger partial charge in [-0.2, -0.15) is 0 Å². The SMILES string of the molecule is CC1CCC2(CC1)NC(=O)N(CC(=O)N1CCN(CC3CC3)CC1)C2=O. The number of imide groups is 1. The standard InChI is InChI=1S/C19H30N4O3/c1-14-4-6-19(7-5-14)17(25)23(18(26)20-19)13-16(24)22-10-8-21(9-11-22)12-15-2-3-15/h14-15H,2-13H2,1H3,(H,20,26). The third kappa shape index (κ3) is 3.46. The zero-order chi connectivity index (χ0) is 18.3. The number of carbonyl (C=O) groups excluding carboxylic acids is 3. The number of nitrogens with zero attached hydrogens (tertiary/aromatic N) is 3. The molecule has 0 atom stereocenters. The summed E-state index contributed by atoms with van der Waals surface area (Å²) in [5, 5.41) is 2.89. The summed E-state index contributed by atoms with van der Waals surface area (Å²) in [7, 11) is 0. The smallest absolute Gasteiger partial charge is 0.325 e. The first-order chi connectivity index (χ1) is 12.5. The van der Waals surface area contributed by atoms with E-state index in [4.69, 9.17) is 0 Å². The lowest BCUT2D eigenvalue weighted by molar-refractivity contribution is -0.140. The van der Waals surface area contributed by atoms with Crippen LogP contribution >= 0.6 is 0 Å². The van der Waals surface area contributed by atoms with E-state index in [1.807, 2.05) is 0 Å². The largest absolute Gasteiger partial charge is 0.339 e. The highest BCUT2D eigenvalue weighted by molar-refractivity contribution is 6.09. The third-order valence-electron chi connectivity index (χ3n) is 6.61. The molecular formula is C19H30N4O3. The Morgan fingerprint density at radius 3 is 2.35 bits per heavy atom. The topological polar surface area (TPSA) is 73.0 Å². The van der Waals surface area contributed by atoms with E-state index >= 15 is 0 Å². The second kappa shape index (κ2) is 6.83. The maximum absolute atomic E-state index is 12.9. The Labute approximate surface area is 155 Å². The second-order valence-corrected chi connectivity index (χ2v) is 8.71. The van der Waals surface area contributed by atoms with E-state index in [0.717, 1.165) is 43.3 Å². The summed E-state index contributed by atoms with van der Waals surface area (Å²) < 4.78 is 0. The Morgan fingerprint density at radius 1 is 1.08 bits per heavy atom. The molecule has 26 heavy (non-hydrogen) atoms. The molecule has 4 amide bonds. The third-order valence-corrected chi connectivity index (χ3v) is 6.61. The number of urea groups is 1. The summed E-state index contributed by atoms with van der Waals surface area (Å²) in [6, 6.07) is -0.398. The summed E-state index contributed by atoms with van der Waals surface area (Å²) in [4.78, 5) is 43.2. The Bertz CT molecular complexity index is 588. The summed E-state index contributed by atoms with van der Waals surface area (Å²) in [5.41, 5.74) is -0.757. The summed E-state index contributed by atoms with van der Waals surface area (Å²) >= 11 is 0. The van der Waals surface area contributed by atoms with Crippen LogP contribution in [0.4, 0.5) is 4.79 Å². The number of rotatable bonds is 4. The van der Waals surface area contributed by atoms with Crippen LogP contribution in [0.25, 0.3) is 0 Å². The van der Waals surface area contributed by atoms with E-state index in [2.05, 4.69) is 17.1 Å². The quantitative estimate of drug-likeness (QED) is 0.759. The number of amides is 4. The van der Waals surface area contributed by atoms with Crippen molar-refractivity contribution in [2.45, 2.75) is 51.0 Å². The maximum atomic E-state index is 12.9. The van der Waals surface area contributed by atoms with Crippen LogP contribution in [0.3, 0.4) is 0 Å². The van der Waals surface area contributed by atoms with Gasteiger partial charge in [-0.25, -0.2) is 4.79 Å². The average Bonchev–Trinajstić information content (AvgIpc) is 3.42. The lowest BCUT2D eigenvalue weighted by atomic mass is 9.77. The molecule has 0 radical (unpaired) electrons. The molecule has 4 rings (SSSR count). The molecule has 4 fully saturated rings. The lowest BCUT2D eigenvalue weighted by Gasteiger charge is -2.35. The van der Waals surface area contributed by atoms with E-state index in [0.29, 0.717) is 31.8 Å². The molecule has 144 valence electrons. The van der Waals surface area contributed by atoms with E-state index in [1.54, 1.807) is 4.90 Å². The van der Waals surface area contributed by atoms with Crippen molar-refractivity contribution in [3.63, 3.8) is 0 Å². The Balaban J connectivity index is 1.31. The molecule has 7 heteroatoms. The molecule has 2 heterocycles. The van der Waals surface area contributed by atoms with Gasteiger partial charge in [-0.15, -0.1) is 0 Å². The monoisotopic (exact) mass is 362 g/mol. The fourth-order valence-electron chi connectivity index (χ4n) is 4.49. The van der Waals surface area contributed by atoms with Crippen LogP contribution in [0.5, 0.6) is 0 Å². The van der Waals surface area contributed by atoms with E-state index in [9.17, 15) is 14.4 Å². The average molecular weight is 362 g/mol. The number of hydrogen-bond donors (Lipinski definition) is 1. The highest BCUT2D eigenvalue weighted by Crippen LogP contribution is 2.36. The van der Waals surface area contributed by atoms with Crippen LogP contribution in [-0.2, 0) is 9.59 Å². The van der Waals surface area contributed by atoms with Gasteiger partial charge in [-0.3, -0.25) is 19.4 Å². The first-order valence-electron chi connectivity index (χ1n) is 10.1. The zero-order valence-corrected chi connectivity index (χ0v) is 15.7. The molecule has 0 unspecified atom stereocenters. The van der Waals surface area contributed by atoms with Crippen LogP contribution < -0.4 is 5.32 Å². The minimum absolute atomic E-state index is 0.110. The predicted octanol–water partition coefficient (Wildman–Crippen LogP) is 1.04. The van der Waals surface area contributed by atoms with Gasteiger partial charge < -0.3 is 10.2 Å². The molecule has 4 aliphatic rings. The fourth-order valence-corrected chi connectivity index (χ4v) is 4.49. The van der Waals surface area contributed by atoms with Gasteiger partial charge in [0.25, 0.3) is 5.91 Å². The van der Waals surface area contributed by atoms with Crippen molar-refractivity contribution in [1.82, 2.24) is 20.0 Å². The van der Waals surface area contributed by atoms with Gasteiger partial charge in [-0.1, -0.05) is 6.92 Å². The molecule has 1 N–H and O–H groups in total. The van der Waals surface area contributed by atoms with Crippen LogP contribution in [0.1, 0.15) is 45.4 Å². The Kier molecular flexibility index (Phi) is 4.67. The van der Waals surface area contributed by atoms with Crippen LogP contribution in [-0.4, -0.2) is 77.4 Å². The van der Waals surface area contributed by atoms with E-state index in [-0.39, 0.29) is 18.4 Å². The van der Waals surface area contributed by atoms with Crippen molar-refractivity contribution in [2.75, 3.05) is 39.3 Å². The first kappa shape index (κ1) is 17.8. The van der Waals surface area contributed by atoms with Crippen LogP contribution in [0.2, 0.25) is 0 Å². The molecule has 1 spiro atoms. The summed E-state index contributed by atoms with van der Waals surface area (Å²) in [6.07, 6.45) is 5.93. The minimum atomic E-state index is -0.757. The molecule has 0 aromatic heterocycles. The van der Waals surface area contributed by atoms with Gasteiger partial charge in [0.15, 0.2) is 0 Å². The van der Waals surface area contributed by atoms with Crippen molar-refractivity contribution in [3.8, 4) is 0 Å². The van der Waals surface area contributed by atoms with Crippen LogP contribution in [0, 0.1) is 11.8 Å². The summed E-state index contributed by atoms with van der Waals surface area (Å²) in [5.74, 6) is 1.14. The van der Waals surface area contributed by atoms with Gasteiger partial charge in [0.1, 0.15) is 12.1 Å². The van der Waals surface area contributed by atoms with Crippen molar-refractivity contribution >= 4 is 17.8 Å². The van der Waals surface area contributed by atoms with Crippen molar-refractivity contribution < 1.29 is 14.4 Å². The molecule has 2 aliphatic carbocycles. The minimum Gasteiger partial charge on any atom is -0.339 e. The van der Waals surface area contributed by atoms with Gasteiger partial charge >= 0.3 is 6.03 Å². The van der Waals surface area contributed by atoms with E-state index in [1.165, 1.54) is 12.8 Å². The van der Waals surface area contributed by atoms with Crippen molar-refractivity contribution in [3.05, 3.63) is 0 Å². The molecule has 0 bridgehead atoms. The van der Waals surface area contributed by atoms with Crippen molar-refractivity contribution in [1.29, 1.82) is 0 Å². The molecule has 2 aliphatic heterocycles. The normalized spacial score (nSPS) is 33.0.